The predicted molar refractivity (Wildman–Crippen MR) is 136 cm³/mol. The molecule has 1 aliphatic carbocycles. The van der Waals surface area contributed by atoms with Crippen LogP contribution >= 0.6 is 11.6 Å². The number of nitrogens with zero attached hydrogens (tertiary/aromatic N) is 2. The van der Waals surface area contributed by atoms with E-state index in [4.69, 9.17) is 32.0 Å². The van der Waals surface area contributed by atoms with Crippen molar-refractivity contribution < 1.29 is 9.53 Å². The molecule has 1 heterocycles. The molecular weight excluding hydrogens is 446 g/mol. The Balaban J connectivity index is 1.39. The van der Waals surface area contributed by atoms with Gasteiger partial charge in [-0.1, -0.05) is 36.7 Å². The van der Waals surface area contributed by atoms with Gasteiger partial charge in [0.2, 0.25) is 5.91 Å². The van der Waals surface area contributed by atoms with Crippen LogP contribution in [-0.4, -0.2) is 15.9 Å². The Bertz CT molecular complexity index is 1160. The second kappa shape index (κ2) is 11.0. The number of carbonyl (C=O) groups excluding carboxylic acids is 1. The van der Waals surface area contributed by atoms with Crippen molar-refractivity contribution in [1.29, 1.82) is 0 Å². The molecule has 178 valence electrons. The molecule has 1 aliphatic rings. The van der Waals surface area contributed by atoms with Crippen molar-refractivity contribution in [3.05, 3.63) is 76.1 Å². The molecule has 4 rings (SSSR count). The molecule has 3 aromatic rings. The molecule has 2 atom stereocenters. The minimum atomic E-state index is -0.210. The van der Waals surface area contributed by atoms with Crippen LogP contribution in [0.2, 0.25) is 5.02 Å². The summed E-state index contributed by atoms with van der Waals surface area (Å²) < 4.78 is 5.96. The molecule has 2 aromatic carbocycles. The Hall–Kier alpha value is -2.92. The average molecular weight is 478 g/mol. The maximum atomic E-state index is 11.1. The number of primary amides is 1. The summed E-state index contributed by atoms with van der Waals surface area (Å²) in [6, 6.07) is 13.7. The van der Waals surface area contributed by atoms with E-state index in [1.54, 1.807) is 0 Å². The molecule has 2 unspecified atom stereocenters. The Kier molecular flexibility index (Phi) is 7.84. The van der Waals surface area contributed by atoms with E-state index in [1.165, 1.54) is 5.56 Å². The number of rotatable bonds is 9. The normalized spacial score (nSPS) is 16.0. The van der Waals surface area contributed by atoms with E-state index in [1.807, 2.05) is 48.7 Å². The van der Waals surface area contributed by atoms with Gasteiger partial charge in [-0.05, 0) is 86.3 Å². The number of carbonyl (C=O) groups is 1. The van der Waals surface area contributed by atoms with E-state index in [9.17, 15) is 4.79 Å². The molecule has 34 heavy (non-hydrogen) atoms. The molecule has 1 amide bonds. The molecule has 0 fully saturated rings. The first kappa shape index (κ1) is 24.2. The molecule has 5 nitrogen and oxygen atoms in total. The van der Waals surface area contributed by atoms with Crippen LogP contribution in [0.5, 0.6) is 5.75 Å². The van der Waals surface area contributed by atoms with E-state index in [0.29, 0.717) is 29.9 Å². The third-order valence-electron chi connectivity index (χ3n) is 6.66. The second-order valence-corrected chi connectivity index (χ2v) is 9.89. The van der Waals surface area contributed by atoms with Crippen LogP contribution in [-0.2, 0) is 24.2 Å². The van der Waals surface area contributed by atoms with Crippen molar-refractivity contribution in [2.45, 2.75) is 59.0 Å². The van der Waals surface area contributed by atoms with E-state index in [0.717, 1.165) is 66.1 Å². The Morgan fingerprint density at radius 2 is 2.09 bits per heavy atom. The molecule has 0 saturated heterocycles. The third-order valence-corrected chi connectivity index (χ3v) is 7.03. The maximum Gasteiger partial charge on any atom is 0.217 e. The van der Waals surface area contributed by atoms with Gasteiger partial charge in [-0.2, -0.15) is 0 Å². The third kappa shape index (κ3) is 6.15. The summed E-state index contributed by atoms with van der Waals surface area (Å²) in [6.07, 6.45) is 7.72. The van der Waals surface area contributed by atoms with Crippen molar-refractivity contribution in [1.82, 2.24) is 9.97 Å². The summed E-state index contributed by atoms with van der Waals surface area (Å²) in [6.45, 7) is 4.59. The SMILES string of the molecule is Cc1cc(OCc2ccccc2Cl)ccc1-c1ncc2c(n1)CCC(CCC(C)CC(N)=O)C2. The number of amides is 1. The molecule has 0 aliphatic heterocycles. The zero-order valence-electron chi connectivity index (χ0n) is 19.9. The molecule has 2 N–H and O–H groups in total. The van der Waals surface area contributed by atoms with Crippen LogP contribution in [0.15, 0.2) is 48.7 Å². The summed E-state index contributed by atoms with van der Waals surface area (Å²) in [5.41, 5.74) is 10.8. The number of aryl methyl sites for hydroxylation is 2. The van der Waals surface area contributed by atoms with Gasteiger partial charge in [-0.25, -0.2) is 9.97 Å². The Labute approximate surface area is 206 Å². The van der Waals surface area contributed by atoms with Gasteiger partial charge in [-0.3, -0.25) is 4.79 Å². The molecule has 1 aromatic heterocycles. The van der Waals surface area contributed by atoms with Crippen LogP contribution < -0.4 is 10.5 Å². The number of hydrogen-bond acceptors (Lipinski definition) is 4. The molecule has 0 spiro atoms. The minimum Gasteiger partial charge on any atom is -0.489 e. The number of benzene rings is 2. The van der Waals surface area contributed by atoms with E-state index < -0.39 is 0 Å². The molecule has 0 bridgehead atoms. The lowest BCUT2D eigenvalue weighted by molar-refractivity contribution is -0.118. The highest BCUT2D eigenvalue weighted by Gasteiger charge is 2.22. The van der Waals surface area contributed by atoms with E-state index in [2.05, 4.69) is 13.8 Å². The van der Waals surface area contributed by atoms with Crippen molar-refractivity contribution in [2.24, 2.45) is 17.6 Å². The monoisotopic (exact) mass is 477 g/mol. The zero-order valence-corrected chi connectivity index (χ0v) is 20.6. The Morgan fingerprint density at radius 1 is 1.26 bits per heavy atom. The van der Waals surface area contributed by atoms with Crippen LogP contribution in [0.25, 0.3) is 11.4 Å². The molecule has 0 radical (unpaired) electrons. The van der Waals surface area contributed by atoms with Gasteiger partial charge in [0.25, 0.3) is 0 Å². The van der Waals surface area contributed by atoms with Gasteiger partial charge in [-0.15, -0.1) is 0 Å². The summed E-state index contributed by atoms with van der Waals surface area (Å²) in [5, 5.41) is 0.709. The van der Waals surface area contributed by atoms with Gasteiger partial charge in [0.1, 0.15) is 12.4 Å². The van der Waals surface area contributed by atoms with Crippen molar-refractivity contribution >= 4 is 17.5 Å². The lowest BCUT2D eigenvalue weighted by Gasteiger charge is -2.25. The van der Waals surface area contributed by atoms with E-state index in [-0.39, 0.29) is 5.91 Å². The Morgan fingerprint density at radius 3 is 2.85 bits per heavy atom. The van der Waals surface area contributed by atoms with Gasteiger partial charge < -0.3 is 10.5 Å². The number of nitrogens with two attached hydrogens (primary N) is 1. The van der Waals surface area contributed by atoms with Crippen LogP contribution in [0.1, 0.15) is 55.0 Å². The van der Waals surface area contributed by atoms with Gasteiger partial charge >= 0.3 is 0 Å². The van der Waals surface area contributed by atoms with E-state index >= 15 is 0 Å². The van der Waals surface area contributed by atoms with Crippen LogP contribution in [0, 0.1) is 18.8 Å². The maximum absolute atomic E-state index is 11.1. The van der Waals surface area contributed by atoms with Crippen molar-refractivity contribution in [3.8, 4) is 17.1 Å². The van der Waals surface area contributed by atoms with Crippen molar-refractivity contribution in [2.75, 3.05) is 0 Å². The summed E-state index contributed by atoms with van der Waals surface area (Å²) >= 11 is 6.23. The first-order valence-corrected chi connectivity index (χ1v) is 12.4. The van der Waals surface area contributed by atoms with Crippen molar-refractivity contribution in [3.63, 3.8) is 0 Å². The largest absolute Gasteiger partial charge is 0.489 e. The topological polar surface area (TPSA) is 78.1 Å². The summed E-state index contributed by atoms with van der Waals surface area (Å²) in [7, 11) is 0. The lowest BCUT2D eigenvalue weighted by Crippen LogP contribution is -2.19. The fourth-order valence-electron chi connectivity index (χ4n) is 4.68. The summed E-state index contributed by atoms with van der Waals surface area (Å²) in [5.74, 6) is 2.32. The smallest absolute Gasteiger partial charge is 0.217 e. The number of fused-ring (bicyclic) bond motifs is 1. The number of halogens is 1. The molecule has 6 heteroatoms. The molecular formula is C28H32ClN3O2. The fourth-order valence-corrected chi connectivity index (χ4v) is 4.87. The minimum absolute atomic E-state index is 0.210. The first-order valence-electron chi connectivity index (χ1n) is 12.0. The number of aromatic nitrogens is 2. The zero-order chi connectivity index (χ0) is 24.1. The second-order valence-electron chi connectivity index (χ2n) is 9.48. The quantitative estimate of drug-likeness (QED) is 0.405. The average Bonchev–Trinajstić information content (AvgIpc) is 2.81. The predicted octanol–water partition coefficient (Wildman–Crippen LogP) is 6.08. The highest BCUT2D eigenvalue weighted by atomic mass is 35.5. The van der Waals surface area contributed by atoms with Gasteiger partial charge in [0.05, 0.1) is 0 Å². The number of hydrogen-bond donors (Lipinski definition) is 1. The standard InChI is InChI=1S/C28H32ClN3O2/c1-18(13-27(30)33)7-8-20-9-12-26-22(15-20)16-31-28(32-26)24-11-10-23(14-19(24)2)34-17-21-5-3-4-6-25(21)29/h3-6,10-11,14,16,18,20H,7-9,12-13,15,17H2,1-2H3,(H2,30,33). The first-order chi connectivity index (χ1) is 16.4. The lowest BCUT2D eigenvalue weighted by atomic mass is 9.82. The fraction of sp³-hybridized carbons (Fsp3) is 0.393. The van der Waals surface area contributed by atoms with Gasteiger partial charge in [0, 0.05) is 34.5 Å². The highest BCUT2D eigenvalue weighted by Crippen LogP contribution is 2.31. The van der Waals surface area contributed by atoms with Crippen LogP contribution in [0.3, 0.4) is 0 Å². The molecule has 0 saturated carbocycles. The summed E-state index contributed by atoms with van der Waals surface area (Å²) in [4.78, 5) is 20.7. The van der Waals surface area contributed by atoms with Gasteiger partial charge in [0.15, 0.2) is 5.82 Å². The van der Waals surface area contributed by atoms with Crippen LogP contribution in [0.4, 0.5) is 0 Å². The number of ether oxygens (including phenoxy) is 1. The highest BCUT2D eigenvalue weighted by molar-refractivity contribution is 6.31.